The number of hydrogen-bond donors (Lipinski definition) is 0. The molecule has 1 aromatic carbocycles. The number of rotatable bonds is 8. The van der Waals surface area contributed by atoms with E-state index in [1.54, 1.807) is 7.11 Å². The van der Waals surface area contributed by atoms with Gasteiger partial charge < -0.3 is 4.74 Å². The van der Waals surface area contributed by atoms with E-state index in [1.807, 2.05) is 24.3 Å². The Morgan fingerprint density at radius 2 is 1.89 bits per heavy atom. The van der Waals surface area contributed by atoms with E-state index in [2.05, 4.69) is 34.7 Å². The van der Waals surface area contributed by atoms with E-state index in [1.165, 1.54) is 0 Å². The zero-order valence-corrected chi connectivity index (χ0v) is 13.4. The van der Waals surface area contributed by atoms with Crippen LogP contribution < -0.4 is 0 Å². The molecule has 0 amide bonds. The highest BCUT2D eigenvalue weighted by Gasteiger charge is 2.12. The molecular weight excluding hydrogens is 306 g/mol. The molecular formula is C15H22BrNO2. The SMILES string of the molecule is COCCN(CCC(=O)c1ccc(Br)cc1)C(C)C. The van der Waals surface area contributed by atoms with Gasteiger partial charge in [-0.25, -0.2) is 0 Å². The van der Waals surface area contributed by atoms with Crippen molar-refractivity contribution >= 4 is 21.7 Å². The highest BCUT2D eigenvalue weighted by Crippen LogP contribution is 2.12. The molecule has 0 heterocycles. The summed E-state index contributed by atoms with van der Waals surface area (Å²) >= 11 is 3.37. The van der Waals surface area contributed by atoms with Crippen LogP contribution in [-0.2, 0) is 4.74 Å². The average molecular weight is 328 g/mol. The maximum absolute atomic E-state index is 12.1. The molecule has 0 aliphatic heterocycles. The topological polar surface area (TPSA) is 29.5 Å². The molecule has 0 fully saturated rings. The van der Waals surface area contributed by atoms with Crippen LogP contribution in [0.5, 0.6) is 0 Å². The largest absolute Gasteiger partial charge is 0.383 e. The average Bonchev–Trinajstić information content (AvgIpc) is 2.39. The Balaban J connectivity index is 2.49. The van der Waals surface area contributed by atoms with Crippen molar-refractivity contribution in [2.75, 3.05) is 26.8 Å². The summed E-state index contributed by atoms with van der Waals surface area (Å²) in [5.74, 6) is 0.190. The lowest BCUT2D eigenvalue weighted by Crippen LogP contribution is -2.35. The summed E-state index contributed by atoms with van der Waals surface area (Å²) in [6.07, 6.45) is 0.545. The first kappa shape index (κ1) is 16.3. The van der Waals surface area contributed by atoms with Gasteiger partial charge in [0.05, 0.1) is 6.61 Å². The molecule has 0 atom stereocenters. The summed E-state index contributed by atoms with van der Waals surface area (Å²) in [4.78, 5) is 14.3. The Bertz CT molecular complexity index is 390. The van der Waals surface area contributed by atoms with E-state index in [0.29, 0.717) is 19.1 Å². The number of Topliss-reactive ketones (excluding diaryl/α,β-unsaturated/α-hetero) is 1. The second kappa shape index (κ2) is 8.46. The van der Waals surface area contributed by atoms with Crippen LogP contribution in [0.25, 0.3) is 0 Å². The molecule has 4 heteroatoms. The Hall–Kier alpha value is -0.710. The van der Waals surface area contributed by atoms with E-state index in [0.717, 1.165) is 23.1 Å². The van der Waals surface area contributed by atoms with Gasteiger partial charge in [-0.1, -0.05) is 28.1 Å². The smallest absolute Gasteiger partial charge is 0.164 e. The Kier molecular flexibility index (Phi) is 7.28. The Morgan fingerprint density at radius 1 is 1.26 bits per heavy atom. The normalized spacial score (nSPS) is 11.3. The number of nitrogens with zero attached hydrogens (tertiary/aromatic N) is 1. The van der Waals surface area contributed by atoms with Crippen LogP contribution in [0.1, 0.15) is 30.6 Å². The summed E-state index contributed by atoms with van der Waals surface area (Å²) in [6.45, 7) is 6.61. The molecule has 0 saturated carbocycles. The highest BCUT2D eigenvalue weighted by molar-refractivity contribution is 9.10. The molecule has 106 valence electrons. The zero-order valence-electron chi connectivity index (χ0n) is 11.9. The number of hydrogen-bond acceptors (Lipinski definition) is 3. The second-order valence-electron chi connectivity index (χ2n) is 4.80. The fourth-order valence-electron chi connectivity index (χ4n) is 1.86. The van der Waals surface area contributed by atoms with Gasteiger partial charge in [-0.05, 0) is 26.0 Å². The summed E-state index contributed by atoms with van der Waals surface area (Å²) in [7, 11) is 1.70. The third kappa shape index (κ3) is 5.85. The lowest BCUT2D eigenvalue weighted by atomic mass is 10.1. The molecule has 0 saturated heterocycles. The van der Waals surface area contributed by atoms with Gasteiger partial charge in [-0.2, -0.15) is 0 Å². The highest BCUT2D eigenvalue weighted by atomic mass is 79.9. The fraction of sp³-hybridized carbons (Fsp3) is 0.533. The van der Waals surface area contributed by atoms with E-state index in [-0.39, 0.29) is 5.78 Å². The third-order valence-electron chi connectivity index (χ3n) is 3.11. The quantitative estimate of drug-likeness (QED) is 0.685. The minimum absolute atomic E-state index is 0.190. The van der Waals surface area contributed by atoms with Crippen LogP contribution in [0.2, 0.25) is 0 Å². The number of methoxy groups -OCH3 is 1. The van der Waals surface area contributed by atoms with E-state index in [9.17, 15) is 4.79 Å². The van der Waals surface area contributed by atoms with E-state index >= 15 is 0 Å². The van der Waals surface area contributed by atoms with Crippen LogP contribution in [-0.4, -0.2) is 43.5 Å². The maximum atomic E-state index is 12.1. The molecule has 0 bridgehead atoms. The minimum Gasteiger partial charge on any atom is -0.383 e. The van der Waals surface area contributed by atoms with Crippen LogP contribution in [0, 0.1) is 0 Å². The van der Waals surface area contributed by atoms with Crippen molar-refractivity contribution in [3.05, 3.63) is 34.3 Å². The van der Waals surface area contributed by atoms with Gasteiger partial charge in [-0.15, -0.1) is 0 Å². The molecule has 3 nitrogen and oxygen atoms in total. The number of halogens is 1. The van der Waals surface area contributed by atoms with Crippen LogP contribution in [0.3, 0.4) is 0 Å². The Morgan fingerprint density at radius 3 is 2.42 bits per heavy atom. The third-order valence-corrected chi connectivity index (χ3v) is 3.63. The first-order valence-corrected chi connectivity index (χ1v) is 7.35. The number of carbonyl (C=O) groups excluding carboxylic acids is 1. The number of benzene rings is 1. The molecule has 19 heavy (non-hydrogen) atoms. The van der Waals surface area contributed by atoms with E-state index < -0.39 is 0 Å². The lowest BCUT2D eigenvalue weighted by Gasteiger charge is -2.25. The summed E-state index contributed by atoms with van der Waals surface area (Å²) < 4.78 is 6.09. The summed E-state index contributed by atoms with van der Waals surface area (Å²) in [5, 5.41) is 0. The van der Waals surface area contributed by atoms with Gasteiger partial charge in [0.1, 0.15) is 0 Å². The van der Waals surface area contributed by atoms with Gasteiger partial charge in [0.15, 0.2) is 5.78 Å². The minimum atomic E-state index is 0.190. The van der Waals surface area contributed by atoms with Gasteiger partial charge in [0, 0.05) is 42.7 Å². The van der Waals surface area contributed by atoms with Gasteiger partial charge in [-0.3, -0.25) is 9.69 Å². The molecule has 0 aromatic heterocycles. The molecule has 0 radical (unpaired) electrons. The number of carbonyl (C=O) groups is 1. The zero-order chi connectivity index (χ0) is 14.3. The van der Waals surface area contributed by atoms with Crippen molar-refractivity contribution in [2.45, 2.75) is 26.3 Å². The predicted octanol–water partition coefficient (Wildman–Crippen LogP) is 3.38. The predicted molar refractivity (Wildman–Crippen MR) is 81.7 cm³/mol. The van der Waals surface area contributed by atoms with Crippen molar-refractivity contribution < 1.29 is 9.53 Å². The summed E-state index contributed by atoms with van der Waals surface area (Å²) in [6, 6.07) is 7.95. The van der Waals surface area contributed by atoms with Gasteiger partial charge in [0.2, 0.25) is 0 Å². The molecule has 0 N–H and O–H groups in total. The second-order valence-corrected chi connectivity index (χ2v) is 5.72. The van der Waals surface area contributed by atoms with Crippen molar-refractivity contribution in [3.8, 4) is 0 Å². The number of ether oxygens (including phenoxy) is 1. The first-order valence-electron chi connectivity index (χ1n) is 6.56. The van der Waals surface area contributed by atoms with Crippen LogP contribution in [0.15, 0.2) is 28.7 Å². The van der Waals surface area contributed by atoms with Gasteiger partial charge >= 0.3 is 0 Å². The van der Waals surface area contributed by atoms with Gasteiger partial charge in [0.25, 0.3) is 0 Å². The molecule has 0 aliphatic carbocycles. The molecule has 0 unspecified atom stereocenters. The van der Waals surface area contributed by atoms with Crippen LogP contribution >= 0.6 is 15.9 Å². The molecule has 1 rings (SSSR count). The lowest BCUT2D eigenvalue weighted by molar-refractivity contribution is 0.0927. The Labute approximate surface area is 124 Å². The van der Waals surface area contributed by atoms with E-state index in [4.69, 9.17) is 4.74 Å². The molecule has 0 spiro atoms. The monoisotopic (exact) mass is 327 g/mol. The molecule has 1 aromatic rings. The molecule has 0 aliphatic rings. The standard InChI is InChI=1S/C15H22BrNO2/c1-12(2)17(10-11-19-3)9-8-15(18)13-4-6-14(16)7-5-13/h4-7,12H,8-11H2,1-3H3. The van der Waals surface area contributed by atoms with Crippen molar-refractivity contribution in [1.29, 1.82) is 0 Å². The first-order chi connectivity index (χ1) is 9.04. The van der Waals surface area contributed by atoms with Crippen LogP contribution in [0.4, 0.5) is 0 Å². The number of ketones is 1. The van der Waals surface area contributed by atoms with Crippen molar-refractivity contribution in [3.63, 3.8) is 0 Å². The fourth-order valence-corrected chi connectivity index (χ4v) is 2.13. The van der Waals surface area contributed by atoms with Crippen molar-refractivity contribution in [1.82, 2.24) is 4.90 Å². The summed E-state index contributed by atoms with van der Waals surface area (Å²) in [5.41, 5.74) is 0.777. The maximum Gasteiger partial charge on any atom is 0.164 e. The van der Waals surface area contributed by atoms with Crippen molar-refractivity contribution in [2.24, 2.45) is 0 Å².